The monoisotopic (exact) mass is 308 g/mol. The Labute approximate surface area is 132 Å². The lowest BCUT2D eigenvalue weighted by atomic mass is 9.86. The minimum atomic E-state index is 0.461. The number of anilines is 1. The Morgan fingerprint density at radius 1 is 1.19 bits per heavy atom. The van der Waals surface area contributed by atoms with E-state index in [9.17, 15) is 0 Å². The number of benzene rings is 1. The molecule has 1 fully saturated rings. The average Bonchev–Trinajstić information content (AvgIpc) is 2.50. The van der Waals surface area contributed by atoms with Crippen LogP contribution in [0.4, 0.5) is 5.69 Å². The van der Waals surface area contributed by atoms with Gasteiger partial charge in [-0.1, -0.05) is 19.8 Å². The first kappa shape index (κ1) is 15.9. The SMILES string of the molecule is COc1ccc(NC(=S)NC2CCCCC2C)c(OC)c1. The topological polar surface area (TPSA) is 42.5 Å². The first-order valence-corrected chi connectivity index (χ1v) is 7.84. The molecule has 1 aliphatic rings. The molecule has 0 aromatic heterocycles. The van der Waals surface area contributed by atoms with E-state index in [1.807, 2.05) is 18.2 Å². The van der Waals surface area contributed by atoms with Gasteiger partial charge in [-0.05, 0) is 43.1 Å². The maximum absolute atomic E-state index is 5.43. The van der Waals surface area contributed by atoms with Crippen LogP contribution >= 0.6 is 12.2 Å². The van der Waals surface area contributed by atoms with Gasteiger partial charge < -0.3 is 20.1 Å². The molecular formula is C16H24N2O2S. The fourth-order valence-electron chi connectivity index (χ4n) is 2.76. The van der Waals surface area contributed by atoms with Crippen LogP contribution in [0, 0.1) is 5.92 Å². The second kappa shape index (κ2) is 7.50. The van der Waals surface area contributed by atoms with Crippen molar-refractivity contribution < 1.29 is 9.47 Å². The van der Waals surface area contributed by atoms with Crippen molar-refractivity contribution in [2.24, 2.45) is 5.92 Å². The van der Waals surface area contributed by atoms with Gasteiger partial charge in [0.1, 0.15) is 11.5 Å². The van der Waals surface area contributed by atoms with Crippen molar-refractivity contribution in [2.75, 3.05) is 19.5 Å². The minimum Gasteiger partial charge on any atom is -0.497 e. The van der Waals surface area contributed by atoms with E-state index in [1.54, 1.807) is 14.2 Å². The normalized spacial score (nSPS) is 21.5. The molecular weight excluding hydrogens is 284 g/mol. The molecule has 1 aromatic carbocycles. The van der Waals surface area contributed by atoms with Crippen molar-refractivity contribution in [3.8, 4) is 11.5 Å². The Bertz CT molecular complexity index is 493. The van der Waals surface area contributed by atoms with Crippen molar-refractivity contribution in [1.29, 1.82) is 0 Å². The van der Waals surface area contributed by atoms with Gasteiger partial charge in [0.05, 0.1) is 19.9 Å². The third kappa shape index (κ3) is 4.24. The molecule has 116 valence electrons. The summed E-state index contributed by atoms with van der Waals surface area (Å²) in [6, 6.07) is 6.10. The van der Waals surface area contributed by atoms with Crippen molar-refractivity contribution in [3.63, 3.8) is 0 Å². The Morgan fingerprint density at radius 3 is 2.62 bits per heavy atom. The molecule has 0 amide bonds. The van der Waals surface area contributed by atoms with Crippen LogP contribution in [0.1, 0.15) is 32.6 Å². The number of nitrogens with one attached hydrogen (secondary N) is 2. The molecule has 1 aromatic rings. The number of methoxy groups -OCH3 is 2. The summed E-state index contributed by atoms with van der Waals surface area (Å²) in [7, 11) is 3.28. The highest BCUT2D eigenvalue weighted by Crippen LogP contribution is 2.29. The van der Waals surface area contributed by atoms with Gasteiger partial charge >= 0.3 is 0 Å². The van der Waals surface area contributed by atoms with Crippen molar-refractivity contribution in [3.05, 3.63) is 18.2 Å². The molecule has 0 heterocycles. The van der Waals surface area contributed by atoms with Gasteiger partial charge in [0, 0.05) is 12.1 Å². The largest absolute Gasteiger partial charge is 0.497 e. The standard InChI is InChI=1S/C16H24N2O2S/c1-11-6-4-5-7-13(11)17-16(21)18-14-9-8-12(19-2)10-15(14)20-3/h8-11,13H,4-7H2,1-3H3,(H2,17,18,21). The smallest absolute Gasteiger partial charge is 0.171 e. The molecule has 2 unspecified atom stereocenters. The zero-order chi connectivity index (χ0) is 15.2. The lowest BCUT2D eigenvalue weighted by Gasteiger charge is -2.30. The summed E-state index contributed by atoms with van der Waals surface area (Å²) in [5.41, 5.74) is 0.847. The number of thiocarbonyl (C=S) groups is 1. The Balaban J connectivity index is 1.98. The maximum atomic E-state index is 5.43. The molecule has 0 spiro atoms. The molecule has 21 heavy (non-hydrogen) atoms. The number of hydrogen-bond donors (Lipinski definition) is 2. The van der Waals surface area contributed by atoms with E-state index in [4.69, 9.17) is 21.7 Å². The summed E-state index contributed by atoms with van der Waals surface area (Å²) < 4.78 is 10.6. The minimum absolute atomic E-state index is 0.461. The van der Waals surface area contributed by atoms with Crippen molar-refractivity contribution in [2.45, 2.75) is 38.6 Å². The Kier molecular flexibility index (Phi) is 5.67. The van der Waals surface area contributed by atoms with Crippen LogP contribution in [-0.2, 0) is 0 Å². The van der Waals surface area contributed by atoms with Crippen LogP contribution in [0.2, 0.25) is 0 Å². The molecule has 1 aliphatic carbocycles. The zero-order valence-corrected chi connectivity index (χ0v) is 13.8. The molecule has 2 rings (SSSR count). The summed E-state index contributed by atoms with van der Waals surface area (Å²) in [5, 5.41) is 7.30. The third-order valence-corrected chi connectivity index (χ3v) is 4.30. The number of rotatable bonds is 4. The Hall–Kier alpha value is -1.49. The van der Waals surface area contributed by atoms with E-state index in [1.165, 1.54) is 25.7 Å². The average molecular weight is 308 g/mol. The van der Waals surface area contributed by atoms with E-state index in [0.29, 0.717) is 17.1 Å². The van der Waals surface area contributed by atoms with Gasteiger partial charge in [-0.25, -0.2) is 0 Å². The lowest BCUT2D eigenvalue weighted by molar-refractivity contribution is 0.309. The zero-order valence-electron chi connectivity index (χ0n) is 12.9. The first-order chi connectivity index (χ1) is 10.1. The quantitative estimate of drug-likeness (QED) is 0.832. The highest BCUT2D eigenvalue weighted by Gasteiger charge is 2.21. The van der Waals surface area contributed by atoms with Crippen LogP contribution in [0.5, 0.6) is 11.5 Å². The van der Waals surface area contributed by atoms with Gasteiger partial charge in [-0.2, -0.15) is 0 Å². The fraction of sp³-hybridized carbons (Fsp3) is 0.562. The molecule has 5 heteroatoms. The van der Waals surface area contributed by atoms with Gasteiger partial charge in [0.25, 0.3) is 0 Å². The third-order valence-electron chi connectivity index (χ3n) is 4.08. The van der Waals surface area contributed by atoms with Crippen LogP contribution in [0.25, 0.3) is 0 Å². The number of ether oxygens (including phenoxy) is 2. The second-order valence-electron chi connectivity index (χ2n) is 5.53. The van der Waals surface area contributed by atoms with Gasteiger partial charge in [-0.15, -0.1) is 0 Å². The predicted octanol–water partition coefficient (Wildman–Crippen LogP) is 3.57. The van der Waals surface area contributed by atoms with Gasteiger partial charge in [0.15, 0.2) is 5.11 Å². The lowest BCUT2D eigenvalue weighted by Crippen LogP contribution is -2.43. The van der Waals surface area contributed by atoms with Crippen molar-refractivity contribution in [1.82, 2.24) is 5.32 Å². The molecule has 0 radical (unpaired) electrons. The second-order valence-corrected chi connectivity index (χ2v) is 5.94. The van der Waals surface area contributed by atoms with Crippen LogP contribution in [-0.4, -0.2) is 25.4 Å². The molecule has 0 aliphatic heterocycles. The molecule has 4 nitrogen and oxygen atoms in total. The highest BCUT2D eigenvalue weighted by atomic mass is 32.1. The van der Waals surface area contributed by atoms with Crippen LogP contribution in [0.3, 0.4) is 0 Å². The van der Waals surface area contributed by atoms with E-state index in [2.05, 4.69) is 17.6 Å². The highest BCUT2D eigenvalue weighted by molar-refractivity contribution is 7.80. The summed E-state index contributed by atoms with van der Waals surface area (Å²) >= 11 is 5.43. The van der Waals surface area contributed by atoms with Crippen molar-refractivity contribution >= 4 is 23.0 Å². The summed E-state index contributed by atoms with van der Waals surface area (Å²) in [5.74, 6) is 2.14. The first-order valence-electron chi connectivity index (χ1n) is 7.43. The molecule has 0 bridgehead atoms. The molecule has 1 saturated carbocycles. The predicted molar refractivity (Wildman–Crippen MR) is 90.3 cm³/mol. The molecule has 2 N–H and O–H groups in total. The van der Waals surface area contributed by atoms with E-state index in [-0.39, 0.29) is 0 Å². The number of hydrogen-bond acceptors (Lipinski definition) is 3. The molecule has 2 atom stereocenters. The van der Waals surface area contributed by atoms with E-state index >= 15 is 0 Å². The summed E-state index contributed by atoms with van der Waals surface area (Å²) in [6.07, 6.45) is 5.05. The maximum Gasteiger partial charge on any atom is 0.171 e. The van der Waals surface area contributed by atoms with Gasteiger partial charge in [0.2, 0.25) is 0 Å². The van der Waals surface area contributed by atoms with E-state index in [0.717, 1.165) is 17.2 Å². The molecule has 0 saturated heterocycles. The fourth-order valence-corrected chi connectivity index (χ4v) is 3.02. The summed E-state index contributed by atoms with van der Waals surface area (Å²) in [4.78, 5) is 0. The van der Waals surface area contributed by atoms with E-state index < -0.39 is 0 Å². The van der Waals surface area contributed by atoms with Crippen LogP contribution < -0.4 is 20.1 Å². The van der Waals surface area contributed by atoms with Gasteiger partial charge in [-0.3, -0.25) is 0 Å². The van der Waals surface area contributed by atoms with Crippen LogP contribution in [0.15, 0.2) is 18.2 Å². The Morgan fingerprint density at radius 2 is 1.95 bits per heavy atom. The summed E-state index contributed by atoms with van der Waals surface area (Å²) in [6.45, 7) is 2.29.